The maximum Gasteiger partial charge on any atom is 0.335 e. The number of aromatic nitrogens is 1. The number of carboxylic acids is 1. The molecule has 0 radical (unpaired) electrons. The SMILES string of the molecule is CN1CCN(S(=O)(=O)c2ccc(-c3cc(-c4ccoc4)c(N)c(OCc4ccc(C(=O)O)cc4)n3)cc2)CC1. The van der Waals surface area contributed by atoms with E-state index in [0.29, 0.717) is 48.7 Å². The van der Waals surface area contributed by atoms with Crippen LogP contribution < -0.4 is 10.5 Å². The monoisotopic (exact) mass is 548 g/mol. The lowest BCUT2D eigenvalue weighted by atomic mass is 10.0. The highest BCUT2D eigenvalue weighted by molar-refractivity contribution is 7.89. The van der Waals surface area contributed by atoms with E-state index in [0.717, 1.165) is 11.1 Å². The fourth-order valence-electron chi connectivity index (χ4n) is 4.32. The fourth-order valence-corrected chi connectivity index (χ4v) is 5.74. The fraction of sp³-hybridized carbons (Fsp3) is 0.214. The lowest BCUT2D eigenvalue weighted by Gasteiger charge is -2.31. The summed E-state index contributed by atoms with van der Waals surface area (Å²) in [6.45, 7) is 2.40. The predicted octanol–water partition coefficient (Wildman–Crippen LogP) is 3.80. The van der Waals surface area contributed by atoms with Gasteiger partial charge < -0.3 is 24.9 Å². The van der Waals surface area contributed by atoms with Crippen LogP contribution in [-0.4, -0.2) is 66.9 Å². The molecule has 0 atom stereocenters. The Morgan fingerprint density at radius 2 is 1.72 bits per heavy atom. The van der Waals surface area contributed by atoms with Crippen molar-refractivity contribution in [2.24, 2.45) is 0 Å². The third kappa shape index (κ3) is 5.65. The van der Waals surface area contributed by atoms with E-state index in [-0.39, 0.29) is 22.9 Å². The minimum absolute atomic E-state index is 0.119. The number of hydrogen-bond donors (Lipinski definition) is 2. The molecule has 1 saturated heterocycles. The third-order valence-electron chi connectivity index (χ3n) is 6.68. The molecule has 202 valence electrons. The van der Waals surface area contributed by atoms with Gasteiger partial charge in [0.1, 0.15) is 12.3 Å². The first-order chi connectivity index (χ1) is 18.7. The van der Waals surface area contributed by atoms with Crippen LogP contribution in [0.2, 0.25) is 0 Å². The number of nitrogen functional groups attached to an aromatic ring is 1. The molecule has 0 saturated carbocycles. The number of pyridine rings is 1. The molecule has 2 aromatic carbocycles. The zero-order valence-electron chi connectivity index (χ0n) is 21.3. The van der Waals surface area contributed by atoms with Gasteiger partial charge in [-0.1, -0.05) is 24.3 Å². The molecule has 1 aliphatic rings. The average Bonchev–Trinajstić information content (AvgIpc) is 3.48. The molecule has 2 aromatic heterocycles. The number of piperazine rings is 1. The second-order valence-corrected chi connectivity index (χ2v) is 11.2. The summed E-state index contributed by atoms with van der Waals surface area (Å²) >= 11 is 0. The number of carbonyl (C=O) groups is 1. The van der Waals surface area contributed by atoms with Crippen molar-refractivity contribution >= 4 is 21.7 Å². The molecule has 0 amide bonds. The van der Waals surface area contributed by atoms with Gasteiger partial charge in [0, 0.05) is 42.9 Å². The van der Waals surface area contributed by atoms with Gasteiger partial charge in [0.2, 0.25) is 15.9 Å². The number of aromatic carboxylic acids is 1. The zero-order chi connectivity index (χ0) is 27.6. The molecule has 3 heterocycles. The van der Waals surface area contributed by atoms with Crippen LogP contribution in [0.1, 0.15) is 15.9 Å². The van der Waals surface area contributed by atoms with Gasteiger partial charge in [0.25, 0.3) is 0 Å². The molecule has 1 aliphatic heterocycles. The van der Waals surface area contributed by atoms with Gasteiger partial charge in [-0.15, -0.1) is 0 Å². The Hall–Kier alpha value is -4.19. The molecule has 1 fully saturated rings. The van der Waals surface area contributed by atoms with Gasteiger partial charge in [0.05, 0.1) is 28.7 Å². The molecule has 39 heavy (non-hydrogen) atoms. The maximum atomic E-state index is 13.1. The topological polar surface area (TPSA) is 139 Å². The van der Waals surface area contributed by atoms with Gasteiger partial charge >= 0.3 is 5.97 Å². The zero-order valence-corrected chi connectivity index (χ0v) is 22.1. The standard InChI is InChI=1S/C28H28N4O6S/c1-31-11-13-32(14-12-31)39(35,36)23-8-6-20(7-9-23)25-16-24(22-10-15-37-18-22)26(29)27(30-25)38-17-19-2-4-21(5-3-19)28(33)34/h2-10,15-16,18H,11-14,17,29H2,1H3,(H,33,34). The molecule has 11 heteroatoms. The lowest BCUT2D eigenvalue weighted by Crippen LogP contribution is -2.46. The van der Waals surface area contributed by atoms with Gasteiger partial charge in [0.15, 0.2) is 0 Å². The molecule has 4 aromatic rings. The summed E-state index contributed by atoms with van der Waals surface area (Å²) in [5.74, 6) is -0.812. The Labute approximate surface area is 226 Å². The minimum Gasteiger partial charge on any atom is -0.478 e. The van der Waals surface area contributed by atoms with Gasteiger partial charge in [-0.2, -0.15) is 4.31 Å². The van der Waals surface area contributed by atoms with Crippen molar-refractivity contribution in [3.8, 4) is 28.3 Å². The quantitative estimate of drug-likeness (QED) is 0.336. The van der Waals surface area contributed by atoms with E-state index in [9.17, 15) is 13.2 Å². The predicted molar refractivity (Wildman–Crippen MR) is 146 cm³/mol. The number of hydrogen-bond acceptors (Lipinski definition) is 8. The minimum atomic E-state index is -3.60. The summed E-state index contributed by atoms with van der Waals surface area (Å²) in [6.07, 6.45) is 3.10. The molecule has 10 nitrogen and oxygen atoms in total. The second kappa shape index (κ2) is 10.9. The second-order valence-electron chi connectivity index (χ2n) is 9.31. The van der Waals surface area contributed by atoms with Crippen molar-refractivity contribution in [2.45, 2.75) is 11.5 Å². The van der Waals surface area contributed by atoms with Crippen molar-refractivity contribution in [2.75, 3.05) is 39.0 Å². The van der Waals surface area contributed by atoms with Crippen LogP contribution in [-0.2, 0) is 16.6 Å². The van der Waals surface area contributed by atoms with Crippen LogP contribution in [0.5, 0.6) is 5.88 Å². The van der Waals surface area contributed by atoms with Crippen LogP contribution in [0.15, 0.2) is 82.5 Å². The first kappa shape index (κ1) is 26.4. The summed E-state index contributed by atoms with van der Waals surface area (Å²) in [5, 5.41) is 9.11. The molecule has 0 aliphatic carbocycles. The smallest absolute Gasteiger partial charge is 0.335 e. The summed E-state index contributed by atoms with van der Waals surface area (Å²) < 4.78 is 39.0. The van der Waals surface area contributed by atoms with Crippen LogP contribution in [0.25, 0.3) is 22.4 Å². The Morgan fingerprint density at radius 3 is 2.33 bits per heavy atom. The largest absolute Gasteiger partial charge is 0.478 e. The van der Waals surface area contributed by atoms with Gasteiger partial charge in [-0.05, 0) is 49.0 Å². The number of benzene rings is 2. The number of furan rings is 1. The molecule has 3 N–H and O–H groups in total. The number of nitrogens with zero attached hydrogens (tertiary/aromatic N) is 3. The number of likely N-dealkylation sites (N-methyl/N-ethyl adjacent to an activating group) is 1. The van der Waals surface area contributed by atoms with E-state index in [2.05, 4.69) is 9.88 Å². The van der Waals surface area contributed by atoms with Crippen LogP contribution in [0, 0.1) is 0 Å². The van der Waals surface area contributed by atoms with E-state index in [1.165, 1.54) is 22.7 Å². The van der Waals surface area contributed by atoms with Crippen molar-refractivity contribution in [1.29, 1.82) is 0 Å². The number of anilines is 1. The van der Waals surface area contributed by atoms with E-state index < -0.39 is 16.0 Å². The molecule has 0 unspecified atom stereocenters. The normalized spacial score (nSPS) is 14.8. The summed E-state index contributed by atoms with van der Waals surface area (Å²) in [5.41, 5.74) is 10.3. The van der Waals surface area contributed by atoms with Crippen LogP contribution in [0.4, 0.5) is 5.69 Å². The van der Waals surface area contributed by atoms with Crippen molar-refractivity contribution < 1.29 is 27.5 Å². The Kier molecular flexibility index (Phi) is 7.38. The first-order valence-electron chi connectivity index (χ1n) is 12.3. The number of rotatable bonds is 8. The van der Waals surface area contributed by atoms with Crippen molar-refractivity contribution in [3.63, 3.8) is 0 Å². The highest BCUT2D eigenvalue weighted by atomic mass is 32.2. The highest BCUT2D eigenvalue weighted by Gasteiger charge is 2.27. The lowest BCUT2D eigenvalue weighted by molar-refractivity contribution is 0.0696. The Morgan fingerprint density at radius 1 is 1.03 bits per heavy atom. The van der Waals surface area contributed by atoms with Gasteiger partial charge in [-0.25, -0.2) is 18.2 Å². The van der Waals surface area contributed by atoms with E-state index in [4.69, 9.17) is 20.0 Å². The van der Waals surface area contributed by atoms with E-state index in [1.807, 2.05) is 7.05 Å². The summed E-state index contributed by atoms with van der Waals surface area (Å²) in [4.78, 5) is 18.1. The van der Waals surface area contributed by atoms with Crippen molar-refractivity contribution in [1.82, 2.24) is 14.2 Å². The molecular formula is C28H28N4O6S. The number of nitrogens with two attached hydrogens (primary N) is 1. The van der Waals surface area contributed by atoms with Gasteiger partial charge in [-0.3, -0.25) is 0 Å². The molecule has 0 spiro atoms. The highest BCUT2D eigenvalue weighted by Crippen LogP contribution is 2.36. The third-order valence-corrected chi connectivity index (χ3v) is 8.60. The molecular weight excluding hydrogens is 520 g/mol. The number of sulfonamides is 1. The molecule has 5 rings (SSSR count). The number of ether oxygens (including phenoxy) is 1. The average molecular weight is 549 g/mol. The Bertz CT molecular complexity index is 1560. The molecule has 0 bridgehead atoms. The van der Waals surface area contributed by atoms with Crippen molar-refractivity contribution in [3.05, 3.63) is 84.3 Å². The first-order valence-corrected chi connectivity index (χ1v) is 13.7. The van der Waals surface area contributed by atoms with E-state index in [1.54, 1.807) is 54.8 Å². The maximum absolute atomic E-state index is 13.1. The Balaban J connectivity index is 1.44. The van der Waals surface area contributed by atoms with Crippen LogP contribution in [0.3, 0.4) is 0 Å². The number of carboxylic acid groups (broad SMARTS) is 1. The van der Waals surface area contributed by atoms with E-state index >= 15 is 0 Å². The van der Waals surface area contributed by atoms with Crippen LogP contribution >= 0.6 is 0 Å². The summed E-state index contributed by atoms with van der Waals surface area (Å²) in [7, 11) is -1.62. The summed E-state index contributed by atoms with van der Waals surface area (Å²) in [6, 6.07) is 16.5.